The number of fused-ring (bicyclic) bond motifs is 1. The smallest absolute Gasteiger partial charge is 0.268 e. The first-order valence-electron chi connectivity index (χ1n) is 10.1. The van der Waals surface area contributed by atoms with E-state index in [9.17, 15) is 18.8 Å². The van der Waals surface area contributed by atoms with Crippen LogP contribution in [0.1, 0.15) is 28.9 Å². The van der Waals surface area contributed by atoms with Crippen LogP contribution in [0, 0.1) is 5.82 Å². The lowest BCUT2D eigenvalue weighted by atomic mass is 10.0. The van der Waals surface area contributed by atoms with Crippen LogP contribution in [0.4, 0.5) is 4.39 Å². The summed E-state index contributed by atoms with van der Waals surface area (Å²) in [6.45, 7) is 0.374. The highest BCUT2D eigenvalue weighted by Gasteiger charge is 2.36. The molecule has 1 aliphatic heterocycles. The van der Waals surface area contributed by atoms with Gasteiger partial charge < -0.3 is 20.9 Å². The van der Waals surface area contributed by atoms with Gasteiger partial charge in [-0.3, -0.25) is 14.4 Å². The number of rotatable bonds is 6. The summed E-state index contributed by atoms with van der Waals surface area (Å²) in [6, 6.07) is 7.22. The van der Waals surface area contributed by atoms with Gasteiger partial charge in [-0.25, -0.2) is 9.37 Å². The van der Waals surface area contributed by atoms with E-state index in [1.54, 1.807) is 24.3 Å². The fraction of sp³-hybridized carbons (Fsp3) is 0.273. The molecule has 3 heterocycles. The first-order chi connectivity index (χ1) is 15.3. The van der Waals surface area contributed by atoms with Crippen molar-refractivity contribution in [2.45, 2.75) is 31.3 Å². The number of amides is 3. The second-order valence-corrected chi connectivity index (χ2v) is 8.11. The number of aromatic nitrogens is 2. The summed E-state index contributed by atoms with van der Waals surface area (Å²) in [5.41, 5.74) is 6.97. The fourth-order valence-electron chi connectivity index (χ4n) is 3.95. The number of carbonyl (C=O) groups excluding carboxylic acids is 3. The number of likely N-dealkylation sites (tertiary alicyclic amines) is 1. The second kappa shape index (κ2) is 8.96. The van der Waals surface area contributed by atoms with Crippen molar-refractivity contribution < 1.29 is 18.8 Å². The third-order valence-corrected chi connectivity index (χ3v) is 5.74. The van der Waals surface area contributed by atoms with E-state index in [1.807, 2.05) is 0 Å². The SMILES string of the molecule is NC(=O)[C@H]1CCCN1C(=O)[C@H](Cc1ccc(F)cc1)NC(=O)c1cc2cc(Cl)ncc2[nH]1. The van der Waals surface area contributed by atoms with Gasteiger partial charge in [0, 0.05) is 18.4 Å². The quantitative estimate of drug-likeness (QED) is 0.491. The molecule has 4 N–H and O–H groups in total. The van der Waals surface area contributed by atoms with Gasteiger partial charge in [0.05, 0.1) is 11.7 Å². The van der Waals surface area contributed by atoms with E-state index in [0.29, 0.717) is 41.0 Å². The van der Waals surface area contributed by atoms with E-state index in [2.05, 4.69) is 15.3 Å². The molecule has 32 heavy (non-hydrogen) atoms. The van der Waals surface area contributed by atoms with Crippen LogP contribution in [0.15, 0.2) is 42.6 Å². The number of carbonyl (C=O) groups is 3. The van der Waals surface area contributed by atoms with Crippen LogP contribution >= 0.6 is 11.6 Å². The number of nitrogens with two attached hydrogens (primary N) is 1. The maximum atomic E-state index is 13.3. The van der Waals surface area contributed by atoms with Crippen molar-refractivity contribution in [2.24, 2.45) is 5.73 Å². The third kappa shape index (κ3) is 4.57. The molecule has 1 fully saturated rings. The van der Waals surface area contributed by atoms with Crippen molar-refractivity contribution in [1.29, 1.82) is 0 Å². The summed E-state index contributed by atoms with van der Waals surface area (Å²) in [4.78, 5) is 46.4. The van der Waals surface area contributed by atoms with Gasteiger partial charge in [-0.1, -0.05) is 23.7 Å². The van der Waals surface area contributed by atoms with Crippen molar-refractivity contribution in [3.05, 3.63) is 64.8 Å². The minimum atomic E-state index is -0.971. The molecule has 1 saturated heterocycles. The number of nitrogens with zero attached hydrogens (tertiary/aromatic N) is 2. The van der Waals surface area contributed by atoms with Crippen LogP contribution in [0.5, 0.6) is 0 Å². The van der Waals surface area contributed by atoms with Gasteiger partial charge in [-0.15, -0.1) is 0 Å². The average Bonchev–Trinajstić information content (AvgIpc) is 3.41. The molecule has 166 valence electrons. The normalized spacial score (nSPS) is 16.8. The van der Waals surface area contributed by atoms with Crippen LogP contribution in [0.3, 0.4) is 0 Å². The van der Waals surface area contributed by atoms with Crippen LogP contribution in [-0.4, -0.2) is 51.2 Å². The molecule has 8 nitrogen and oxygen atoms in total. The van der Waals surface area contributed by atoms with Gasteiger partial charge in [0.25, 0.3) is 5.91 Å². The molecule has 2 atom stereocenters. The van der Waals surface area contributed by atoms with E-state index in [0.717, 1.165) is 0 Å². The van der Waals surface area contributed by atoms with Gasteiger partial charge in [0.1, 0.15) is 28.7 Å². The summed E-state index contributed by atoms with van der Waals surface area (Å²) >= 11 is 5.91. The van der Waals surface area contributed by atoms with Crippen molar-refractivity contribution >= 4 is 40.2 Å². The Morgan fingerprint density at radius 3 is 2.75 bits per heavy atom. The zero-order valence-electron chi connectivity index (χ0n) is 17.0. The standard InChI is InChI=1S/C22H21ClFN5O3/c23-19-10-13-9-15(27-17(13)11-26-19)21(31)28-16(8-12-3-5-14(24)6-4-12)22(32)29-7-1-2-18(29)20(25)30/h3-6,9-11,16,18,27H,1-2,7-8H2,(H2,25,30)(H,28,31)/t16-,18+/m0/s1. The van der Waals surface area contributed by atoms with Crippen molar-refractivity contribution in [2.75, 3.05) is 6.54 Å². The Hall–Kier alpha value is -3.46. The zero-order chi connectivity index (χ0) is 22.8. The number of hydrogen-bond donors (Lipinski definition) is 3. The van der Waals surface area contributed by atoms with E-state index in [4.69, 9.17) is 17.3 Å². The maximum Gasteiger partial charge on any atom is 0.268 e. The van der Waals surface area contributed by atoms with Crippen molar-refractivity contribution in [3.8, 4) is 0 Å². The average molecular weight is 458 g/mol. The predicted molar refractivity (Wildman–Crippen MR) is 116 cm³/mol. The van der Waals surface area contributed by atoms with Crippen molar-refractivity contribution in [3.63, 3.8) is 0 Å². The predicted octanol–water partition coefficient (Wildman–Crippen LogP) is 2.17. The number of H-pyrrole nitrogens is 1. The molecule has 0 unspecified atom stereocenters. The monoisotopic (exact) mass is 457 g/mol. The summed E-state index contributed by atoms with van der Waals surface area (Å²) in [5.74, 6) is -1.90. The molecule has 0 aliphatic carbocycles. The first kappa shape index (κ1) is 21.8. The summed E-state index contributed by atoms with van der Waals surface area (Å²) in [5, 5.41) is 3.74. The lowest BCUT2D eigenvalue weighted by Gasteiger charge is -2.28. The van der Waals surface area contributed by atoms with Gasteiger partial charge >= 0.3 is 0 Å². The number of halogens is 2. The number of pyridine rings is 1. The lowest BCUT2D eigenvalue weighted by Crippen LogP contribution is -2.53. The molecule has 1 aliphatic rings. The van der Waals surface area contributed by atoms with Gasteiger partial charge in [-0.2, -0.15) is 0 Å². The molecule has 3 aromatic rings. The van der Waals surface area contributed by atoms with Crippen LogP contribution in [-0.2, 0) is 16.0 Å². The number of benzene rings is 1. The first-order valence-corrected chi connectivity index (χ1v) is 10.5. The second-order valence-electron chi connectivity index (χ2n) is 7.73. The Bertz CT molecular complexity index is 1180. The van der Waals surface area contributed by atoms with Crippen LogP contribution in [0.25, 0.3) is 10.9 Å². The topological polar surface area (TPSA) is 121 Å². The lowest BCUT2D eigenvalue weighted by molar-refractivity contribution is -0.138. The molecule has 0 radical (unpaired) electrons. The maximum absolute atomic E-state index is 13.3. The molecule has 10 heteroatoms. The largest absolute Gasteiger partial charge is 0.368 e. The molecular weight excluding hydrogens is 437 g/mol. The Labute approximate surface area is 187 Å². The number of aromatic amines is 1. The minimum absolute atomic E-state index is 0.125. The van der Waals surface area contributed by atoms with Crippen LogP contribution in [0.2, 0.25) is 5.15 Å². The van der Waals surface area contributed by atoms with Crippen LogP contribution < -0.4 is 11.1 Å². The molecule has 1 aromatic carbocycles. The Morgan fingerprint density at radius 1 is 1.28 bits per heavy atom. The molecule has 3 amide bonds. The third-order valence-electron chi connectivity index (χ3n) is 5.54. The highest BCUT2D eigenvalue weighted by atomic mass is 35.5. The van der Waals surface area contributed by atoms with E-state index in [-0.39, 0.29) is 12.1 Å². The summed E-state index contributed by atoms with van der Waals surface area (Å²) in [6.07, 6.45) is 2.76. The van der Waals surface area contributed by atoms with E-state index < -0.39 is 35.6 Å². The van der Waals surface area contributed by atoms with E-state index in [1.165, 1.54) is 23.2 Å². The van der Waals surface area contributed by atoms with Gasteiger partial charge in [0.15, 0.2) is 0 Å². The van der Waals surface area contributed by atoms with Gasteiger partial charge in [0.2, 0.25) is 11.8 Å². The minimum Gasteiger partial charge on any atom is -0.368 e. The zero-order valence-corrected chi connectivity index (χ0v) is 17.7. The number of hydrogen-bond acceptors (Lipinski definition) is 4. The van der Waals surface area contributed by atoms with E-state index >= 15 is 0 Å². The molecule has 0 spiro atoms. The Morgan fingerprint density at radius 2 is 2.03 bits per heavy atom. The molecular formula is C22H21ClFN5O3. The highest BCUT2D eigenvalue weighted by molar-refractivity contribution is 6.30. The number of primary amides is 1. The molecule has 2 aromatic heterocycles. The summed E-state index contributed by atoms with van der Waals surface area (Å²) in [7, 11) is 0. The highest BCUT2D eigenvalue weighted by Crippen LogP contribution is 2.21. The molecule has 4 rings (SSSR count). The number of nitrogens with one attached hydrogen (secondary N) is 2. The molecule has 0 bridgehead atoms. The van der Waals surface area contributed by atoms with Gasteiger partial charge in [-0.05, 0) is 42.7 Å². The van der Waals surface area contributed by atoms with Crippen molar-refractivity contribution in [1.82, 2.24) is 20.2 Å². The fourth-order valence-corrected chi connectivity index (χ4v) is 4.11. The Balaban J connectivity index is 1.59. The Kier molecular flexibility index (Phi) is 6.09. The summed E-state index contributed by atoms with van der Waals surface area (Å²) < 4.78 is 13.3. The molecule has 0 saturated carbocycles.